The zero-order chi connectivity index (χ0) is 20.1. The van der Waals surface area contributed by atoms with Gasteiger partial charge in [-0.2, -0.15) is 0 Å². The molecule has 1 atom stereocenters. The van der Waals surface area contributed by atoms with Crippen LogP contribution in [-0.4, -0.2) is 36.0 Å². The van der Waals surface area contributed by atoms with Gasteiger partial charge in [-0.05, 0) is 29.7 Å². The van der Waals surface area contributed by atoms with Crippen molar-refractivity contribution in [2.24, 2.45) is 12.8 Å². The smallest absolute Gasteiger partial charge is 0.262 e. The van der Waals surface area contributed by atoms with Crippen LogP contribution in [0, 0.1) is 0 Å². The molecule has 1 aliphatic rings. The largest absolute Gasteiger partial charge is 0.368 e. The van der Waals surface area contributed by atoms with Gasteiger partial charge in [0.1, 0.15) is 0 Å². The van der Waals surface area contributed by atoms with Crippen molar-refractivity contribution in [2.45, 2.75) is 25.6 Å². The van der Waals surface area contributed by atoms with Crippen molar-refractivity contribution in [3.63, 3.8) is 0 Å². The van der Waals surface area contributed by atoms with Crippen molar-refractivity contribution < 1.29 is 4.79 Å². The number of rotatable bonds is 3. The van der Waals surface area contributed by atoms with Crippen LogP contribution < -0.4 is 11.3 Å². The summed E-state index contributed by atoms with van der Waals surface area (Å²) in [5.74, 6) is 0.778. The summed E-state index contributed by atoms with van der Waals surface area (Å²) in [7, 11) is 1.69. The number of benzene rings is 2. The van der Waals surface area contributed by atoms with E-state index in [-0.39, 0.29) is 11.5 Å². The van der Waals surface area contributed by atoms with E-state index in [1.807, 2.05) is 45.7 Å². The minimum absolute atomic E-state index is 0.117. The number of hydrogen-bond acceptors (Lipinski definition) is 5. The van der Waals surface area contributed by atoms with Crippen LogP contribution in [0.25, 0.3) is 16.7 Å². The van der Waals surface area contributed by atoms with Crippen molar-refractivity contribution in [1.29, 1.82) is 0 Å². The highest BCUT2D eigenvalue weighted by Gasteiger charge is 2.31. The predicted molar refractivity (Wildman–Crippen MR) is 108 cm³/mol. The van der Waals surface area contributed by atoms with E-state index in [1.165, 1.54) is 10.1 Å². The summed E-state index contributed by atoms with van der Waals surface area (Å²) in [5.41, 5.74) is 8.68. The maximum absolute atomic E-state index is 12.6. The van der Waals surface area contributed by atoms with Crippen LogP contribution in [0.5, 0.6) is 0 Å². The maximum atomic E-state index is 12.6. The number of aromatic nitrogens is 4. The van der Waals surface area contributed by atoms with Gasteiger partial charge >= 0.3 is 0 Å². The molecule has 1 aliphatic heterocycles. The number of carbonyl (C=O) groups excluding carboxylic acids is 1. The normalized spacial score (nSPS) is 16.9. The highest BCUT2D eigenvalue weighted by atomic mass is 16.1. The first-order valence-corrected chi connectivity index (χ1v) is 9.46. The summed E-state index contributed by atoms with van der Waals surface area (Å²) in [4.78, 5) is 26.8. The van der Waals surface area contributed by atoms with Gasteiger partial charge in [-0.25, -0.2) is 0 Å². The van der Waals surface area contributed by atoms with Crippen molar-refractivity contribution in [2.75, 3.05) is 0 Å². The zero-order valence-corrected chi connectivity index (χ0v) is 15.9. The van der Waals surface area contributed by atoms with Gasteiger partial charge in [0.25, 0.3) is 5.56 Å². The van der Waals surface area contributed by atoms with E-state index in [9.17, 15) is 9.59 Å². The lowest BCUT2D eigenvalue weighted by atomic mass is 9.93. The number of para-hydroxylation sites is 1. The molecule has 0 fully saturated rings. The Labute approximate surface area is 166 Å². The molecule has 0 unspecified atom stereocenters. The fourth-order valence-corrected chi connectivity index (χ4v) is 4.20. The van der Waals surface area contributed by atoms with Crippen LogP contribution in [0.1, 0.15) is 17.0 Å². The Balaban J connectivity index is 1.63. The Hall–Kier alpha value is -3.52. The van der Waals surface area contributed by atoms with Gasteiger partial charge in [0.2, 0.25) is 11.7 Å². The molecule has 2 aromatic carbocycles. The third-order valence-electron chi connectivity index (χ3n) is 5.71. The molecule has 0 saturated carbocycles. The average Bonchev–Trinajstić information content (AvgIpc) is 3.15. The van der Waals surface area contributed by atoms with Crippen molar-refractivity contribution in [3.05, 3.63) is 75.8 Å². The fourth-order valence-electron chi connectivity index (χ4n) is 4.20. The number of nitrogens with zero attached hydrogens (tertiary/aromatic N) is 5. The Morgan fingerprint density at radius 2 is 1.83 bits per heavy atom. The highest BCUT2D eigenvalue weighted by Crippen LogP contribution is 2.25. The average molecular weight is 388 g/mol. The van der Waals surface area contributed by atoms with Crippen LogP contribution in [0.3, 0.4) is 0 Å². The Kier molecular flexibility index (Phi) is 3.95. The molecule has 29 heavy (non-hydrogen) atoms. The molecule has 8 nitrogen and oxygen atoms in total. The second kappa shape index (κ2) is 6.52. The molecule has 0 spiro atoms. The first kappa shape index (κ1) is 17.6. The molecule has 1 amide bonds. The summed E-state index contributed by atoms with van der Waals surface area (Å²) >= 11 is 0. The summed E-state index contributed by atoms with van der Waals surface area (Å²) in [6.07, 6.45) is 0.571. The van der Waals surface area contributed by atoms with Crippen LogP contribution in [-0.2, 0) is 31.4 Å². The number of nitrogens with two attached hydrogens (primary N) is 1. The summed E-state index contributed by atoms with van der Waals surface area (Å²) < 4.78 is 3.38. The summed E-state index contributed by atoms with van der Waals surface area (Å²) in [6, 6.07) is 15.1. The van der Waals surface area contributed by atoms with E-state index in [1.54, 1.807) is 13.1 Å². The monoisotopic (exact) mass is 388 g/mol. The van der Waals surface area contributed by atoms with Crippen molar-refractivity contribution >= 4 is 22.6 Å². The predicted octanol–water partition coefficient (Wildman–Crippen LogP) is 0.993. The molecule has 5 rings (SSSR count). The molecule has 0 aliphatic carbocycles. The summed E-state index contributed by atoms with van der Waals surface area (Å²) in [6.45, 7) is 0.994. The van der Waals surface area contributed by atoms with E-state index in [4.69, 9.17) is 5.73 Å². The molecule has 2 aromatic heterocycles. The molecule has 4 aromatic rings. The number of primary amides is 1. The van der Waals surface area contributed by atoms with Gasteiger partial charge in [0.15, 0.2) is 5.82 Å². The molecule has 8 heteroatoms. The first-order chi connectivity index (χ1) is 14.0. The quantitative estimate of drug-likeness (QED) is 0.564. The van der Waals surface area contributed by atoms with Gasteiger partial charge in [-0.15, -0.1) is 10.2 Å². The number of amides is 1. The topological polar surface area (TPSA) is 98.5 Å². The molecular formula is C21H20N6O2. The van der Waals surface area contributed by atoms with Crippen LogP contribution in [0.2, 0.25) is 0 Å². The molecule has 0 bridgehead atoms. The molecule has 2 N–H and O–H groups in total. The highest BCUT2D eigenvalue weighted by molar-refractivity contribution is 5.81. The SMILES string of the molecule is Cn1c(=O)c2ccccc2n2c(CN3Cc4ccccc4C[C@H]3C(N)=O)nnc12. The summed E-state index contributed by atoms with van der Waals surface area (Å²) in [5, 5.41) is 9.19. The molecule has 0 saturated heterocycles. The minimum atomic E-state index is -0.420. The Morgan fingerprint density at radius 3 is 2.62 bits per heavy atom. The van der Waals surface area contributed by atoms with E-state index in [2.05, 4.69) is 16.3 Å². The lowest BCUT2D eigenvalue weighted by Crippen LogP contribution is -2.48. The molecular weight excluding hydrogens is 368 g/mol. The first-order valence-electron chi connectivity index (χ1n) is 9.46. The van der Waals surface area contributed by atoms with Crippen molar-refractivity contribution in [3.8, 4) is 0 Å². The van der Waals surface area contributed by atoms with Crippen LogP contribution in [0.15, 0.2) is 53.3 Å². The maximum Gasteiger partial charge on any atom is 0.262 e. The van der Waals surface area contributed by atoms with Crippen LogP contribution >= 0.6 is 0 Å². The number of aryl methyl sites for hydroxylation is 1. The lowest BCUT2D eigenvalue weighted by molar-refractivity contribution is -0.124. The standard InChI is InChI=1S/C21H20N6O2/c1-25-20(29)15-8-4-5-9-16(15)27-18(23-24-21(25)27)12-26-11-14-7-3-2-6-13(14)10-17(26)19(22)28/h2-9,17H,10-12H2,1H3,(H2,22,28)/t17-/m0/s1. The third-order valence-corrected chi connectivity index (χ3v) is 5.71. The Morgan fingerprint density at radius 1 is 1.10 bits per heavy atom. The van der Waals surface area contributed by atoms with Crippen LogP contribution in [0.4, 0.5) is 0 Å². The van der Waals surface area contributed by atoms with E-state index >= 15 is 0 Å². The minimum Gasteiger partial charge on any atom is -0.368 e. The molecule has 0 radical (unpaired) electrons. The third kappa shape index (κ3) is 2.72. The second-order valence-electron chi connectivity index (χ2n) is 7.43. The van der Waals surface area contributed by atoms with E-state index < -0.39 is 6.04 Å². The van der Waals surface area contributed by atoms with Gasteiger partial charge in [0.05, 0.1) is 23.5 Å². The van der Waals surface area contributed by atoms with Gasteiger partial charge < -0.3 is 5.73 Å². The van der Waals surface area contributed by atoms with Gasteiger partial charge in [0, 0.05) is 13.6 Å². The van der Waals surface area contributed by atoms with Gasteiger partial charge in [-0.3, -0.25) is 23.5 Å². The number of carbonyl (C=O) groups is 1. The number of fused-ring (bicyclic) bond motifs is 4. The zero-order valence-electron chi connectivity index (χ0n) is 15.9. The molecule has 146 valence electrons. The lowest BCUT2D eigenvalue weighted by Gasteiger charge is -2.34. The Bertz CT molecular complexity index is 1320. The molecule has 3 heterocycles. The van der Waals surface area contributed by atoms with E-state index in [0.29, 0.717) is 36.5 Å². The fraction of sp³-hybridized carbons (Fsp3) is 0.238. The van der Waals surface area contributed by atoms with Gasteiger partial charge in [-0.1, -0.05) is 36.4 Å². The van der Waals surface area contributed by atoms with Crippen molar-refractivity contribution in [1.82, 2.24) is 24.1 Å². The second-order valence-corrected chi connectivity index (χ2v) is 7.43. The van der Waals surface area contributed by atoms with E-state index in [0.717, 1.165) is 11.1 Å². The number of hydrogen-bond donors (Lipinski definition) is 1.